The Kier molecular flexibility index (Phi) is 7.08. The van der Waals surface area contributed by atoms with E-state index in [2.05, 4.69) is 28.1 Å². The van der Waals surface area contributed by atoms with Gasteiger partial charge >= 0.3 is 0 Å². The van der Waals surface area contributed by atoms with Crippen LogP contribution < -0.4 is 16.0 Å². The first-order chi connectivity index (χ1) is 13.5. The van der Waals surface area contributed by atoms with Crippen molar-refractivity contribution in [1.29, 1.82) is 0 Å². The molecule has 154 valence electrons. The maximum atomic E-state index is 12.7. The lowest BCUT2D eigenvalue weighted by atomic mass is 9.74. The first kappa shape index (κ1) is 20.8. The number of nitrogens with one attached hydrogen (secondary N) is 3. The minimum atomic E-state index is -0.561. The van der Waals surface area contributed by atoms with Crippen LogP contribution in [0, 0.1) is 5.92 Å². The zero-order valence-electron chi connectivity index (χ0n) is 16.7. The van der Waals surface area contributed by atoms with Crippen LogP contribution in [0.2, 0.25) is 0 Å². The van der Waals surface area contributed by atoms with Crippen molar-refractivity contribution in [2.24, 2.45) is 5.92 Å². The van der Waals surface area contributed by atoms with E-state index >= 15 is 0 Å². The van der Waals surface area contributed by atoms with Crippen molar-refractivity contribution in [3.05, 3.63) is 35.9 Å². The average Bonchev–Trinajstić information content (AvgIpc) is 2.87. The third-order valence-electron chi connectivity index (χ3n) is 6.40. The molecule has 2 aliphatic rings. The summed E-state index contributed by atoms with van der Waals surface area (Å²) in [6.07, 6.45) is 4.09. The van der Waals surface area contributed by atoms with Gasteiger partial charge in [-0.1, -0.05) is 30.3 Å². The molecule has 1 saturated heterocycles. The Morgan fingerprint density at radius 3 is 2.46 bits per heavy atom. The molecule has 1 heterocycles. The van der Waals surface area contributed by atoms with Crippen molar-refractivity contribution >= 4 is 11.8 Å². The molecule has 4 N–H and O–H groups in total. The van der Waals surface area contributed by atoms with Gasteiger partial charge in [-0.3, -0.25) is 9.59 Å². The molecule has 0 radical (unpaired) electrons. The normalized spacial score (nSPS) is 28.9. The van der Waals surface area contributed by atoms with Crippen LogP contribution in [0.5, 0.6) is 0 Å². The largest absolute Gasteiger partial charge is 0.391 e. The van der Waals surface area contributed by atoms with Gasteiger partial charge in [-0.05, 0) is 57.2 Å². The standard InChI is InChI=1S/C22H33N3O3/c1-16(26)25-19-7-11-22(12-8-20(19)27,18-5-3-2-4-6-18)15-24-21(28)17-9-13-23-14-10-17/h2-6,17,19-20,23,27H,7-15H2,1H3,(H,24,28)(H,25,26)/t19-,20-,22-/m0/s1. The van der Waals surface area contributed by atoms with Gasteiger partial charge in [-0.2, -0.15) is 0 Å². The van der Waals surface area contributed by atoms with Gasteiger partial charge in [-0.15, -0.1) is 0 Å². The molecule has 1 aliphatic carbocycles. The summed E-state index contributed by atoms with van der Waals surface area (Å²) in [7, 11) is 0. The lowest BCUT2D eigenvalue weighted by Gasteiger charge is -2.35. The predicted molar refractivity (Wildman–Crippen MR) is 109 cm³/mol. The molecule has 2 amide bonds. The third kappa shape index (κ3) is 5.11. The molecule has 3 atom stereocenters. The summed E-state index contributed by atoms with van der Waals surface area (Å²) >= 11 is 0. The van der Waals surface area contributed by atoms with E-state index < -0.39 is 6.10 Å². The molecule has 1 aliphatic heterocycles. The van der Waals surface area contributed by atoms with Crippen LogP contribution >= 0.6 is 0 Å². The second-order valence-corrected chi connectivity index (χ2v) is 8.34. The summed E-state index contributed by atoms with van der Waals surface area (Å²) < 4.78 is 0. The van der Waals surface area contributed by atoms with Gasteiger partial charge in [0.25, 0.3) is 0 Å². The molecule has 0 bridgehead atoms. The number of rotatable bonds is 5. The van der Waals surface area contributed by atoms with Gasteiger partial charge in [-0.25, -0.2) is 0 Å². The first-order valence-corrected chi connectivity index (χ1v) is 10.5. The van der Waals surface area contributed by atoms with Gasteiger partial charge in [0.05, 0.1) is 12.1 Å². The molecular weight excluding hydrogens is 354 g/mol. The zero-order valence-corrected chi connectivity index (χ0v) is 16.7. The highest BCUT2D eigenvalue weighted by atomic mass is 16.3. The lowest BCUT2D eigenvalue weighted by Crippen LogP contribution is -2.45. The smallest absolute Gasteiger partial charge is 0.223 e. The molecule has 0 aromatic heterocycles. The lowest BCUT2D eigenvalue weighted by molar-refractivity contribution is -0.126. The van der Waals surface area contributed by atoms with Crippen molar-refractivity contribution < 1.29 is 14.7 Å². The van der Waals surface area contributed by atoms with Crippen molar-refractivity contribution in [1.82, 2.24) is 16.0 Å². The highest BCUT2D eigenvalue weighted by molar-refractivity contribution is 5.79. The summed E-state index contributed by atoms with van der Waals surface area (Å²) in [5.41, 5.74) is 0.967. The first-order valence-electron chi connectivity index (χ1n) is 10.5. The van der Waals surface area contributed by atoms with Crippen LogP contribution in [-0.4, -0.2) is 48.7 Å². The monoisotopic (exact) mass is 387 g/mol. The van der Waals surface area contributed by atoms with Gasteiger partial charge < -0.3 is 21.1 Å². The second kappa shape index (κ2) is 9.52. The van der Waals surface area contributed by atoms with E-state index in [9.17, 15) is 14.7 Å². The van der Waals surface area contributed by atoms with E-state index in [4.69, 9.17) is 0 Å². The Balaban J connectivity index is 1.75. The fraction of sp³-hybridized carbons (Fsp3) is 0.636. The van der Waals surface area contributed by atoms with Gasteiger partial charge in [0, 0.05) is 24.8 Å². The number of piperidine rings is 1. The van der Waals surface area contributed by atoms with Crippen molar-refractivity contribution in [3.63, 3.8) is 0 Å². The maximum absolute atomic E-state index is 12.7. The Labute approximate surface area is 167 Å². The van der Waals surface area contributed by atoms with Crippen LogP contribution in [0.3, 0.4) is 0 Å². The quantitative estimate of drug-likeness (QED) is 0.576. The van der Waals surface area contributed by atoms with E-state index in [0.29, 0.717) is 19.4 Å². The van der Waals surface area contributed by atoms with Gasteiger partial charge in [0.1, 0.15) is 0 Å². The van der Waals surface area contributed by atoms with Gasteiger partial charge in [0.15, 0.2) is 0 Å². The van der Waals surface area contributed by atoms with E-state index in [0.717, 1.165) is 38.8 Å². The van der Waals surface area contributed by atoms with Crippen LogP contribution in [0.15, 0.2) is 30.3 Å². The van der Waals surface area contributed by atoms with Crippen LogP contribution in [0.1, 0.15) is 51.0 Å². The Morgan fingerprint density at radius 2 is 1.79 bits per heavy atom. The second-order valence-electron chi connectivity index (χ2n) is 8.34. The minimum absolute atomic E-state index is 0.0811. The van der Waals surface area contributed by atoms with E-state index in [1.54, 1.807) is 0 Å². The molecular formula is C22H33N3O3. The predicted octanol–water partition coefficient (Wildman–Crippen LogP) is 1.48. The summed E-state index contributed by atoms with van der Waals surface area (Å²) in [5, 5.41) is 20.0. The molecule has 0 unspecified atom stereocenters. The molecule has 6 heteroatoms. The molecule has 3 rings (SSSR count). The topological polar surface area (TPSA) is 90.5 Å². The fourth-order valence-corrected chi connectivity index (χ4v) is 4.65. The molecule has 2 fully saturated rings. The van der Waals surface area contributed by atoms with Gasteiger partial charge in [0.2, 0.25) is 11.8 Å². The Hall–Kier alpha value is -1.92. The molecule has 1 saturated carbocycles. The maximum Gasteiger partial charge on any atom is 0.223 e. The summed E-state index contributed by atoms with van der Waals surface area (Å²) in [5.74, 6) is 0.105. The number of aliphatic hydroxyl groups is 1. The van der Waals surface area contributed by atoms with Crippen molar-refractivity contribution in [3.8, 4) is 0 Å². The SMILES string of the molecule is CC(=O)N[C@H]1CC[C@](CNC(=O)C2CCNCC2)(c2ccccc2)CC[C@@H]1O. The van der Waals surface area contributed by atoms with E-state index in [1.807, 2.05) is 18.2 Å². The molecule has 1 aromatic carbocycles. The van der Waals surface area contributed by atoms with Crippen LogP contribution in [0.25, 0.3) is 0 Å². The van der Waals surface area contributed by atoms with Crippen molar-refractivity contribution in [2.75, 3.05) is 19.6 Å². The Bertz CT molecular complexity index is 660. The number of carbonyl (C=O) groups is 2. The molecule has 1 aromatic rings. The van der Waals surface area contributed by atoms with Crippen LogP contribution in [-0.2, 0) is 15.0 Å². The molecule has 28 heavy (non-hydrogen) atoms. The summed E-state index contributed by atoms with van der Waals surface area (Å²) in [4.78, 5) is 24.2. The highest BCUT2D eigenvalue weighted by Crippen LogP contribution is 2.38. The number of hydrogen-bond donors (Lipinski definition) is 4. The van der Waals surface area contributed by atoms with E-state index in [-0.39, 0.29) is 29.2 Å². The van der Waals surface area contributed by atoms with E-state index in [1.165, 1.54) is 12.5 Å². The average molecular weight is 388 g/mol. The summed E-state index contributed by atoms with van der Waals surface area (Å²) in [6.45, 7) is 3.85. The molecule has 0 spiro atoms. The fourth-order valence-electron chi connectivity index (χ4n) is 4.65. The van der Waals surface area contributed by atoms with Crippen LogP contribution in [0.4, 0.5) is 0 Å². The highest BCUT2D eigenvalue weighted by Gasteiger charge is 2.38. The number of benzene rings is 1. The Morgan fingerprint density at radius 1 is 1.11 bits per heavy atom. The molecule has 6 nitrogen and oxygen atoms in total. The number of carbonyl (C=O) groups excluding carboxylic acids is 2. The number of aliphatic hydroxyl groups excluding tert-OH is 1. The minimum Gasteiger partial charge on any atom is -0.391 e. The zero-order chi connectivity index (χ0) is 20.0. The summed E-state index contributed by atoms with van der Waals surface area (Å²) in [6, 6.07) is 10.0. The third-order valence-corrected chi connectivity index (χ3v) is 6.40. The number of hydrogen-bond acceptors (Lipinski definition) is 4. The number of amides is 2. The van der Waals surface area contributed by atoms with Crippen molar-refractivity contribution in [2.45, 2.75) is 63.0 Å².